The minimum Gasteiger partial charge on any atom is -0.504 e. The number of likely N-dealkylation sites (tertiary alicyclic amines) is 2. The highest BCUT2D eigenvalue weighted by Crippen LogP contribution is 2.52. The molecule has 4 aromatic carbocycles. The number of phenols is 1. The highest BCUT2D eigenvalue weighted by molar-refractivity contribution is 14.1. The first-order valence-electron chi connectivity index (χ1n) is 22.5. The number of rotatable bonds is 13. The maximum atomic E-state index is 14.9. The Labute approximate surface area is 387 Å². The van der Waals surface area contributed by atoms with E-state index in [1.54, 1.807) is 12.0 Å². The molecule has 0 radical (unpaired) electrons. The van der Waals surface area contributed by atoms with Gasteiger partial charge in [0, 0.05) is 25.7 Å². The van der Waals surface area contributed by atoms with Crippen molar-refractivity contribution in [2.45, 2.75) is 89.8 Å². The molecule has 12 heteroatoms. The van der Waals surface area contributed by atoms with Gasteiger partial charge in [-0.25, -0.2) is 0 Å². The molecule has 8 rings (SSSR count). The monoisotopic (exact) mass is 978 g/mol. The highest BCUT2D eigenvalue weighted by Gasteiger charge is 2.59. The highest BCUT2D eigenvalue weighted by atomic mass is 127. The number of phenolic OH excluding ortho intramolecular Hbond substituents is 1. The first-order valence-corrected chi connectivity index (χ1v) is 25.4. The SMILES string of the molecule is COc1cc(/C=C(\C)CC[C@H]2OB(O)C[C@H]3C2=C(CO[Si](c2ccccc2)(c2ccccc2)C(C)(C)C)C[C@H]2C(=O)N(C4CCN(Cc5ccccc5)CC4)C(=O)[C@H]23)cc(I)c1O. The molecule has 330 valence electrons. The van der Waals surface area contributed by atoms with E-state index in [2.05, 4.69) is 134 Å². The Morgan fingerprint density at radius 1 is 0.921 bits per heavy atom. The van der Waals surface area contributed by atoms with Crippen molar-refractivity contribution in [1.82, 2.24) is 9.80 Å². The lowest BCUT2D eigenvalue weighted by Crippen LogP contribution is -2.66. The average Bonchev–Trinajstić information content (AvgIpc) is 3.53. The van der Waals surface area contributed by atoms with Crippen LogP contribution in [0.3, 0.4) is 0 Å². The van der Waals surface area contributed by atoms with Crippen molar-refractivity contribution >= 4 is 66.3 Å². The van der Waals surface area contributed by atoms with Gasteiger partial charge in [-0.15, -0.1) is 0 Å². The number of allylic oxidation sites excluding steroid dienone is 1. The first-order chi connectivity index (χ1) is 30.3. The second-order valence-electron chi connectivity index (χ2n) is 18.9. The van der Waals surface area contributed by atoms with Gasteiger partial charge in [0.2, 0.25) is 11.8 Å². The molecule has 3 fully saturated rings. The van der Waals surface area contributed by atoms with Gasteiger partial charge in [0.15, 0.2) is 11.5 Å². The lowest BCUT2D eigenvalue weighted by molar-refractivity contribution is -0.144. The number of benzene rings is 4. The van der Waals surface area contributed by atoms with Gasteiger partial charge < -0.3 is 23.9 Å². The Morgan fingerprint density at radius 2 is 1.54 bits per heavy atom. The third-order valence-electron chi connectivity index (χ3n) is 13.9. The second kappa shape index (κ2) is 19.2. The summed E-state index contributed by atoms with van der Waals surface area (Å²) in [6.45, 7) is 11.6. The Kier molecular flexibility index (Phi) is 13.9. The largest absolute Gasteiger partial charge is 0.504 e. The number of carbonyl (C=O) groups excluding carboxylic acids is 2. The van der Waals surface area contributed by atoms with E-state index in [4.69, 9.17) is 13.8 Å². The van der Waals surface area contributed by atoms with E-state index in [0.717, 1.165) is 54.8 Å². The number of ether oxygens (including phenoxy) is 1. The van der Waals surface area contributed by atoms with E-state index >= 15 is 0 Å². The standard InChI is InChI=1S/C51H60BIN2O7Si/c1-34(27-36-28-43(53)48(56)45(29-36)60-5)21-22-44-46-37(33-61-63(51(2,3)4,39-17-11-7-12-18-39)40-19-13-8-14-20-40)30-41-47(42(46)31-52(59)62-44)50(58)55(49(41)57)38-23-25-54(26-24-38)32-35-15-9-6-10-16-35/h6-20,27-29,38,41-42,44,47,56,59H,21-26,30-33H2,1-5H3/b34-27+/t41-,42+,44-,47-/m1/s1. The van der Waals surface area contributed by atoms with Crippen LogP contribution in [-0.4, -0.2) is 86.1 Å². The predicted molar refractivity (Wildman–Crippen MR) is 260 cm³/mol. The van der Waals surface area contributed by atoms with E-state index in [1.807, 2.05) is 30.3 Å². The van der Waals surface area contributed by atoms with Crippen LogP contribution in [-0.2, 0) is 25.2 Å². The predicted octanol–water partition coefficient (Wildman–Crippen LogP) is 8.23. The van der Waals surface area contributed by atoms with Crippen molar-refractivity contribution in [2.24, 2.45) is 17.8 Å². The molecule has 3 heterocycles. The van der Waals surface area contributed by atoms with Crippen LogP contribution in [0, 0.1) is 21.3 Å². The van der Waals surface area contributed by atoms with Gasteiger partial charge in [0.05, 0.1) is 35.2 Å². The molecule has 0 unspecified atom stereocenters. The van der Waals surface area contributed by atoms with Crippen LogP contribution in [0.4, 0.5) is 0 Å². The Bertz CT molecular complexity index is 2290. The Morgan fingerprint density at radius 3 is 2.14 bits per heavy atom. The van der Waals surface area contributed by atoms with Crippen molar-refractivity contribution < 1.29 is 33.5 Å². The molecule has 4 aliphatic rings. The summed E-state index contributed by atoms with van der Waals surface area (Å²) in [7, 11) is -2.52. The van der Waals surface area contributed by atoms with Crippen LogP contribution in [0.2, 0.25) is 11.4 Å². The number of fused-ring (bicyclic) bond motifs is 3. The van der Waals surface area contributed by atoms with Gasteiger partial charge in [-0.2, -0.15) is 0 Å². The molecule has 4 aromatic rings. The Balaban J connectivity index is 1.13. The summed E-state index contributed by atoms with van der Waals surface area (Å²) in [5, 5.41) is 24.0. The summed E-state index contributed by atoms with van der Waals surface area (Å²) in [4.78, 5) is 33.7. The third-order valence-corrected chi connectivity index (χ3v) is 19.7. The molecular weight excluding hydrogens is 918 g/mol. The van der Waals surface area contributed by atoms with Crippen LogP contribution >= 0.6 is 22.6 Å². The number of imide groups is 1. The fraction of sp³-hybridized carbons (Fsp3) is 0.412. The number of hydrogen-bond donors (Lipinski definition) is 2. The normalized spacial score (nSPS) is 22.7. The van der Waals surface area contributed by atoms with Crippen LogP contribution in [0.25, 0.3) is 6.08 Å². The van der Waals surface area contributed by atoms with Gasteiger partial charge in [-0.05, 0) is 124 Å². The lowest BCUT2D eigenvalue weighted by atomic mass is 9.58. The van der Waals surface area contributed by atoms with Crippen molar-refractivity contribution in [2.75, 3.05) is 26.8 Å². The molecular formula is C51H60BIN2O7Si. The van der Waals surface area contributed by atoms with Crippen LogP contribution in [0.15, 0.2) is 120 Å². The number of halogens is 1. The number of piperidine rings is 1. The van der Waals surface area contributed by atoms with Gasteiger partial charge in [0.25, 0.3) is 8.32 Å². The Hall–Kier alpha value is -4.05. The molecule has 3 aliphatic heterocycles. The van der Waals surface area contributed by atoms with E-state index in [-0.39, 0.29) is 47.5 Å². The molecule has 0 aromatic heterocycles. The maximum absolute atomic E-state index is 14.9. The number of nitrogens with zero attached hydrogens (tertiary/aromatic N) is 2. The zero-order chi connectivity index (χ0) is 44.5. The van der Waals surface area contributed by atoms with E-state index in [0.29, 0.717) is 28.6 Å². The summed E-state index contributed by atoms with van der Waals surface area (Å²) < 4.78 is 20.2. The first kappa shape index (κ1) is 45.5. The number of hydrogen-bond acceptors (Lipinski definition) is 8. The number of aromatic hydroxyl groups is 1. The summed E-state index contributed by atoms with van der Waals surface area (Å²) in [6, 6.07) is 35.2. The van der Waals surface area contributed by atoms with Crippen molar-refractivity contribution in [1.29, 1.82) is 0 Å². The van der Waals surface area contributed by atoms with Crippen molar-refractivity contribution in [3.05, 3.63) is 135 Å². The minimum absolute atomic E-state index is 0.0798. The van der Waals surface area contributed by atoms with Crippen molar-refractivity contribution in [3.63, 3.8) is 0 Å². The topological polar surface area (TPSA) is 109 Å². The maximum Gasteiger partial charge on any atom is 0.455 e. The van der Waals surface area contributed by atoms with Gasteiger partial charge in [0.1, 0.15) is 0 Å². The molecule has 1 aliphatic carbocycles. The minimum atomic E-state index is -2.99. The molecule has 0 bridgehead atoms. The van der Waals surface area contributed by atoms with Gasteiger partial charge in [-0.3, -0.25) is 19.4 Å². The lowest BCUT2D eigenvalue weighted by Gasteiger charge is -2.46. The van der Waals surface area contributed by atoms with Crippen LogP contribution in [0.1, 0.15) is 70.9 Å². The second-order valence-corrected chi connectivity index (χ2v) is 24.4. The molecule has 0 saturated carbocycles. The number of carbonyl (C=O) groups is 2. The summed E-state index contributed by atoms with van der Waals surface area (Å²) in [5.74, 6) is -1.09. The van der Waals surface area contributed by atoms with Crippen LogP contribution < -0.4 is 15.1 Å². The number of amides is 2. The fourth-order valence-electron chi connectivity index (χ4n) is 11.0. The summed E-state index contributed by atoms with van der Waals surface area (Å²) >= 11 is 2.11. The molecule has 2 amide bonds. The van der Waals surface area contributed by atoms with Crippen molar-refractivity contribution in [3.8, 4) is 11.5 Å². The molecule has 63 heavy (non-hydrogen) atoms. The molecule has 2 N–H and O–H groups in total. The quantitative estimate of drug-likeness (QED) is 0.0598. The molecule has 9 nitrogen and oxygen atoms in total. The van der Waals surface area contributed by atoms with E-state index < -0.39 is 33.4 Å². The third kappa shape index (κ3) is 9.26. The number of methoxy groups -OCH3 is 1. The molecule has 0 spiro atoms. The zero-order valence-electron chi connectivity index (χ0n) is 37.1. The van der Waals surface area contributed by atoms with Gasteiger partial charge >= 0.3 is 7.12 Å². The molecule has 3 saturated heterocycles. The van der Waals surface area contributed by atoms with Crippen LogP contribution in [0.5, 0.6) is 11.5 Å². The van der Waals surface area contributed by atoms with Gasteiger partial charge in [-0.1, -0.05) is 123 Å². The van der Waals surface area contributed by atoms with E-state index in [1.165, 1.54) is 15.9 Å². The smallest absolute Gasteiger partial charge is 0.455 e. The zero-order valence-corrected chi connectivity index (χ0v) is 40.3. The molecule has 4 atom stereocenters. The average molecular weight is 979 g/mol. The summed E-state index contributed by atoms with van der Waals surface area (Å²) in [5.41, 5.74) is 5.31. The van der Waals surface area contributed by atoms with E-state index in [9.17, 15) is 19.7 Å². The summed E-state index contributed by atoms with van der Waals surface area (Å²) in [6.07, 6.45) is 4.98. The fourth-order valence-corrected chi connectivity index (χ4v) is 16.1.